The summed E-state index contributed by atoms with van der Waals surface area (Å²) in [6.45, 7) is 16.1. The molecule has 19 heavy (non-hydrogen) atoms. The molecule has 2 rings (SSSR count). The van der Waals surface area contributed by atoms with E-state index in [1.807, 2.05) is 0 Å². The maximum absolute atomic E-state index is 3.60. The fourth-order valence-corrected chi connectivity index (χ4v) is 4.03. The molecule has 112 valence electrons. The third-order valence-electron chi connectivity index (χ3n) is 5.85. The highest BCUT2D eigenvalue weighted by Gasteiger charge is 2.38. The first-order chi connectivity index (χ1) is 9.03. The van der Waals surface area contributed by atoms with Gasteiger partial charge >= 0.3 is 0 Å². The molecular formula is C17H34N2. The number of hydrogen-bond donors (Lipinski definition) is 1. The van der Waals surface area contributed by atoms with E-state index in [2.05, 4.69) is 37.9 Å². The van der Waals surface area contributed by atoms with Gasteiger partial charge in [0, 0.05) is 13.1 Å². The van der Waals surface area contributed by atoms with Gasteiger partial charge in [-0.05, 0) is 68.5 Å². The van der Waals surface area contributed by atoms with Crippen LogP contribution in [0.5, 0.6) is 0 Å². The zero-order chi connectivity index (χ0) is 13.9. The Hall–Kier alpha value is -0.0800. The van der Waals surface area contributed by atoms with Crippen LogP contribution in [0.2, 0.25) is 0 Å². The van der Waals surface area contributed by atoms with Crippen molar-refractivity contribution in [2.45, 2.75) is 53.4 Å². The maximum atomic E-state index is 3.60. The second kappa shape index (κ2) is 6.58. The summed E-state index contributed by atoms with van der Waals surface area (Å²) in [7, 11) is 0. The molecule has 2 heterocycles. The molecule has 0 spiro atoms. The van der Waals surface area contributed by atoms with Crippen molar-refractivity contribution in [2.75, 3.05) is 32.7 Å². The van der Waals surface area contributed by atoms with Crippen LogP contribution < -0.4 is 5.32 Å². The standard InChI is InChI=1S/C17H34N2/c1-14(2)16-6-5-10-19(11-7-16)13-17(15(3)4)8-9-18-12-17/h14-16,18H,5-13H2,1-4H3. The van der Waals surface area contributed by atoms with Crippen molar-refractivity contribution < 1.29 is 0 Å². The number of nitrogens with one attached hydrogen (secondary N) is 1. The Morgan fingerprint density at radius 1 is 1.16 bits per heavy atom. The van der Waals surface area contributed by atoms with Crippen LogP contribution in [0, 0.1) is 23.2 Å². The summed E-state index contributed by atoms with van der Waals surface area (Å²) in [5.74, 6) is 2.63. The topological polar surface area (TPSA) is 15.3 Å². The van der Waals surface area contributed by atoms with E-state index in [0.717, 1.165) is 17.8 Å². The van der Waals surface area contributed by atoms with Crippen molar-refractivity contribution >= 4 is 0 Å². The van der Waals surface area contributed by atoms with Gasteiger partial charge < -0.3 is 10.2 Å². The van der Waals surface area contributed by atoms with Gasteiger partial charge in [0.1, 0.15) is 0 Å². The van der Waals surface area contributed by atoms with E-state index in [-0.39, 0.29) is 0 Å². The largest absolute Gasteiger partial charge is 0.316 e. The summed E-state index contributed by atoms with van der Waals surface area (Å²) >= 11 is 0. The molecule has 0 amide bonds. The third kappa shape index (κ3) is 3.72. The molecule has 1 N–H and O–H groups in total. The molecule has 2 heteroatoms. The molecule has 0 saturated carbocycles. The van der Waals surface area contributed by atoms with Crippen molar-refractivity contribution in [1.82, 2.24) is 10.2 Å². The van der Waals surface area contributed by atoms with E-state index in [1.54, 1.807) is 0 Å². The molecule has 2 unspecified atom stereocenters. The van der Waals surface area contributed by atoms with E-state index in [1.165, 1.54) is 58.4 Å². The fourth-order valence-electron chi connectivity index (χ4n) is 4.03. The molecule has 2 aliphatic heterocycles. The lowest BCUT2D eigenvalue weighted by Gasteiger charge is -2.38. The summed E-state index contributed by atoms with van der Waals surface area (Å²) in [4.78, 5) is 2.77. The summed E-state index contributed by atoms with van der Waals surface area (Å²) in [6.07, 6.45) is 5.64. The Labute approximate surface area is 120 Å². The first-order valence-corrected chi connectivity index (χ1v) is 8.46. The smallest absolute Gasteiger partial charge is 0.00531 e. The lowest BCUT2D eigenvalue weighted by molar-refractivity contribution is 0.118. The van der Waals surface area contributed by atoms with Crippen LogP contribution in [0.1, 0.15) is 53.4 Å². The van der Waals surface area contributed by atoms with Crippen molar-refractivity contribution in [1.29, 1.82) is 0 Å². The summed E-state index contributed by atoms with van der Waals surface area (Å²) in [5, 5.41) is 3.60. The van der Waals surface area contributed by atoms with Crippen LogP contribution >= 0.6 is 0 Å². The lowest BCUT2D eigenvalue weighted by atomic mass is 9.76. The Morgan fingerprint density at radius 3 is 2.53 bits per heavy atom. The molecule has 0 aromatic carbocycles. The quantitative estimate of drug-likeness (QED) is 0.839. The number of hydrogen-bond acceptors (Lipinski definition) is 2. The number of rotatable bonds is 4. The first-order valence-electron chi connectivity index (χ1n) is 8.46. The summed E-state index contributed by atoms with van der Waals surface area (Å²) in [6, 6.07) is 0. The van der Waals surface area contributed by atoms with Crippen molar-refractivity contribution in [3.05, 3.63) is 0 Å². The SMILES string of the molecule is CC(C)C1CCCN(CC2(C(C)C)CCNC2)CC1. The Morgan fingerprint density at radius 2 is 1.95 bits per heavy atom. The minimum atomic E-state index is 0.539. The van der Waals surface area contributed by atoms with Crippen LogP contribution in [-0.4, -0.2) is 37.6 Å². The van der Waals surface area contributed by atoms with E-state index in [9.17, 15) is 0 Å². The van der Waals surface area contributed by atoms with Crippen LogP contribution in [0.25, 0.3) is 0 Å². The number of likely N-dealkylation sites (tertiary alicyclic amines) is 1. The molecule has 2 saturated heterocycles. The van der Waals surface area contributed by atoms with Gasteiger partial charge in [0.15, 0.2) is 0 Å². The molecule has 0 aliphatic carbocycles. The van der Waals surface area contributed by atoms with Gasteiger partial charge in [-0.25, -0.2) is 0 Å². The van der Waals surface area contributed by atoms with Crippen molar-refractivity contribution in [2.24, 2.45) is 23.2 Å². The lowest BCUT2D eigenvalue weighted by Crippen LogP contribution is -2.43. The van der Waals surface area contributed by atoms with Gasteiger partial charge in [0.05, 0.1) is 0 Å². The average molecular weight is 266 g/mol. The second-order valence-corrected chi connectivity index (χ2v) is 7.65. The highest BCUT2D eigenvalue weighted by molar-refractivity contribution is 4.93. The normalized spacial score (nSPS) is 34.1. The molecular weight excluding hydrogens is 232 g/mol. The monoisotopic (exact) mass is 266 g/mol. The highest BCUT2D eigenvalue weighted by atomic mass is 15.1. The van der Waals surface area contributed by atoms with Crippen LogP contribution in [0.4, 0.5) is 0 Å². The van der Waals surface area contributed by atoms with Gasteiger partial charge in [-0.3, -0.25) is 0 Å². The predicted molar refractivity (Wildman–Crippen MR) is 83.4 cm³/mol. The Balaban J connectivity index is 1.91. The average Bonchev–Trinajstić information content (AvgIpc) is 2.70. The summed E-state index contributed by atoms with van der Waals surface area (Å²) < 4.78 is 0. The van der Waals surface area contributed by atoms with Crippen molar-refractivity contribution in [3.63, 3.8) is 0 Å². The van der Waals surface area contributed by atoms with Gasteiger partial charge in [-0.2, -0.15) is 0 Å². The minimum absolute atomic E-state index is 0.539. The predicted octanol–water partition coefficient (Wildman–Crippen LogP) is 3.38. The molecule has 2 nitrogen and oxygen atoms in total. The fraction of sp³-hybridized carbons (Fsp3) is 1.00. The Kier molecular flexibility index (Phi) is 5.30. The molecule has 0 aromatic heterocycles. The molecule has 2 atom stereocenters. The summed E-state index contributed by atoms with van der Waals surface area (Å²) in [5.41, 5.74) is 0.539. The van der Waals surface area contributed by atoms with E-state index < -0.39 is 0 Å². The highest BCUT2D eigenvalue weighted by Crippen LogP contribution is 2.36. The van der Waals surface area contributed by atoms with E-state index in [4.69, 9.17) is 0 Å². The van der Waals surface area contributed by atoms with Gasteiger partial charge in [0.2, 0.25) is 0 Å². The van der Waals surface area contributed by atoms with Crippen LogP contribution in [0.15, 0.2) is 0 Å². The second-order valence-electron chi connectivity index (χ2n) is 7.65. The molecule has 0 radical (unpaired) electrons. The van der Waals surface area contributed by atoms with Crippen LogP contribution in [-0.2, 0) is 0 Å². The Bertz CT molecular complexity index is 266. The van der Waals surface area contributed by atoms with E-state index in [0.29, 0.717) is 5.41 Å². The number of nitrogens with zero attached hydrogens (tertiary/aromatic N) is 1. The molecule has 2 aliphatic rings. The van der Waals surface area contributed by atoms with E-state index >= 15 is 0 Å². The third-order valence-corrected chi connectivity index (χ3v) is 5.85. The maximum Gasteiger partial charge on any atom is 0.00531 e. The zero-order valence-corrected chi connectivity index (χ0v) is 13.5. The zero-order valence-electron chi connectivity index (χ0n) is 13.5. The van der Waals surface area contributed by atoms with Gasteiger partial charge in [-0.15, -0.1) is 0 Å². The minimum Gasteiger partial charge on any atom is -0.316 e. The van der Waals surface area contributed by atoms with Crippen LogP contribution in [0.3, 0.4) is 0 Å². The molecule has 0 bridgehead atoms. The van der Waals surface area contributed by atoms with Crippen molar-refractivity contribution in [3.8, 4) is 0 Å². The molecule has 2 fully saturated rings. The van der Waals surface area contributed by atoms with Gasteiger partial charge in [-0.1, -0.05) is 27.7 Å². The first kappa shape index (κ1) is 15.3. The molecule has 0 aromatic rings. The van der Waals surface area contributed by atoms with Gasteiger partial charge in [0.25, 0.3) is 0 Å².